The zero-order valence-electron chi connectivity index (χ0n) is 20.4. The van der Waals surface area contributed by atoms with Gasteiger partial charge in [-0.2, -0.15) is 0 Å². The molecule has 0 radical (unpaired) electrons. The van der Waals surface area contributed by atoms with Gasteiger partial charge in [0.05, 0.1) is 15.9 Å². The van der Waals surface area contributed by atoms with E-state index in [4.69, 9.17) is 12.2 Å². The van der Waals surface area contributed by atoms with E-state index < -0.39 is 18.5 Å². The zero-order valence-corrected chi connectivity index (χ0v) is 18.4. The molecule has 2 fully saturated rings. The van der Waals surface area contributed by atoms with Gasteiger partial charge in [-0.1, -0.05) is 30.3 Å². The lowest BCUT2D eigenvalue weighted by Crippen LogP contribution is -2.52. The van der Waals surface area contributed by atoms with E-state index in [0.717, 1.165) is 5.56 Å². The number of imide groups is 1. The maximum atomic E-state index is 13.0. The van der Waals surface area contributed by atoms with Crippen molar-refractivity contribution < 1.29 is 31.4 Å². The summed E-state index contributed by atoms with van der Waals surface area (Å²) in [6.45, 7) is -0.633. The van der Waals surface area contributed by atoms with Crippen LogP contribution in [0.3, 0.4) is 0 Å². The van der Waals surface area contributed by atoms with E-state index in [1.165, 1.54) is 4.90 Å². The van der Waals surface area contributed by atoms with Crippen LogP contribution < -0.4 is 10.1 Å². The van der Waals surface area contributed by atoms with Crippen LogP contribution in [-0.4, -0.2) is 59.2 Å². The Bertz CT molecular complexity index is 1230. The molecule has 3 aliphatic heterocycles. The molecule has 0 spiro atoms. The van der Waals surface area contributed by atoms with E-state index in [-0.39, 0.29) is 55.0 Å². The van der Waals surface area contributed by atoms with Gasteiger partial charge in [0.2, 0.25) is 17.7 Å². The van der Waals surface area contributed by atoms with Crippen molar-refractivity contribution in [1.82, 2.24) is 15.1 Å². The van der Waals surface area contributed by atoms with Crippen LogP contribution in [0.5, 0.6) is 5.75 Å². The molecule has 9 nitrogen and oxygen atoms in total. The summed E-state index contributed by atoms with van der Waals surface area (Å²) in [5.41, 5.74) is 1.98. The van der Waals surface area contributed by atoms with Gasteiger partial charge in [-0.05, 0) is 29.7 Å². The molecule has 3 aliphatic rings. The van der Waals surface area contributed by atoms with Crippen molar-refractivity contribution in [3.05, 3.63) is 64.7 Å². The van der Waals surface area contributed by atoms with Crippen LogP contribution in [0.1, 0.15) is 42.6 Å². The van der Waals surface area contributed by atoms with Crippen molar-refractivity contribution in [1.29, 1.82) is 0 Å². The quantitative estimate of drug-likeness (QED) is 0.647. The number of benzene rings is 2. The number of hydrogen-bond acceptors (Lipinski definition) is 6. The second-order valence-corrected chi connectivity index (χ2v) is 8.45. The lowest BCUT2D eigenvalue weighted by Gasteiger charge is -2.29. The summed E-state index contributed by atoms with van der Waals surface area (Å²) in [5.74, 6) is -1.09. The van der Waals surface area contributed by atoms with Crippen molar-refractivity contribution in [2.45, 2.75) is 38.5 Å². The Labute approximate surface area is 199 Å². The van der Waals surface area contributed by atoms with Gasteiger partial charge in [-0.15, -0.1) is 0 Å². The van der Waals surface area contributed by atoms with E-state index in [0.29, 0.717) is 30.8 Å². The number of carbonyl (C=O) groups is 4. The molecule has 0 bridgehead atoms. The molecule has 1 unspecified atom stereocenters. The number of nitrogens with one attached hydrogen (secondary N) is 1. The summed E-state index contributed by atoms with van der Waals surface area (Å²) in [5, 5.41) is 2.27. The molecule has 176 valence electrons. The monoisotopic (exact) mass is 465 g/mol. The number of nitrogens with zero attached hydrogens (tertiary/aromatic N) is 2. The number of ether oxygens (including phenoxy) is 2. The van der Waals surface area contributed by atoms with E-state index in [2.05, 4.69) is 5.32 Å². The Morgan fingerprint density at radius 1 is 1.09 bits per heavy atom. The van der Waals surface area contributed by atoms with Gasteiger partial charge in [0.15, 0.2) is 0 Å². The number of piperidine rings is 1. The second kappa shape index (κ2) is 9.26. The number of fused-ring (bicyclic) bond motifs is 1. The van der Waals surface area contributed by atoms with Crippen LogP contribution >= 0.6 is 0 Å². The lowest BCUT2D eigenvalue weighted by molar-refractivity contribution is -0.143. The first kappa shape index (κ1) is 19.7. The Morgan fingerprint density at radius 3 is 2.65 bits per heavy atom. The highest BCUT2D eigenvalue weighted by Crippen LogP contribution is 2.34. The highest BCUT2D eigenvalue weighted by atomic mass is 16.5. The summed E-state index contributed by atoms with van der Waals surface area (Å²) in [4.78, 5) is 51.9. The Balaban J connectivity index is 1.31. The third-order valence-electron chi connectivity index (χ3n) is 6.23. The summed E-state index contributed by atoms with van der Waals surface area (Å²) in [6, 6.07) is 10.8. The fraction of sp³-hybridized carbons (Fsp3) is 0.360. The van der Waals surface area contributed by atoms with Crippen molar-refractivity contribution in [2.75, 3.05) is 19.8 Å². The van der Waals surface area contributed by atoms with Gasteiger partial charge in [0.25, 0.3) is 5.91 Å². The maximum absolute atomic E-state index is 13.0. The van der Waals surface area contributed by atoms with Crippen LogP contribution in [0, 0.1) is 0 Å². The molecule has 1 N–H and O–H groups in total. The van der Waals surface area contributed by atoms with Gasteiger partial charge in [0, 0.05) is 30.6 Å². The molecule has 4 amide bonds. The molecule has 0 saturated carbocycles. The average molecular weight is 466 g/mol. The van der Waals surface area contributed by atoms with Gasteiger partial charge in [-0.3, -0.25) is 24.5 Å². The highest BCUT2D eigenvalue weighted by molar-refractivity contribution is 6.05. The minimum atomic E-state index is -2.20. The van der Waals surface area contributed by atoms with E-state index in [1.807, 2.05) is 0 Å². The number of hydrogen-bond donors (Lipinski definition) is 1. The largest absolute Gasteiger partial charge is 0.489 e. The van der Waals surface area contributed by atoms with Crippen LogP contribution in [0.15, 0.2) is 42.5 Å². The third-order valence-corrected chi connectivity index (χ3v) is 6.23. The number of carbonyl (C=O) groups excluding carboxylic acids is 4. The first-order valence-electron chi connectivity index (χ1n) is 12.1. The Kier molecular flexibility index (Phi) is 5.37. The number of morpholine rings is 1. The van der Waals surface area contributed by atoms with Gasteiger partial charge in [-0.25, -0.2) is 0 Å². The maximum Gasteiger partial charge on any atom is 0.255 e. The number of amides is 4. The van der Waals surface area contributed by atoms with Crippen molar-refractivity contribution >= 4 is 23.6 Å². The Hall–Kier alpha value is -3.72. The molecule has 5 rings (SSSR count). The van der Waals surface area contributed by atoms with Gasteiger partial charge >= 0.3 is 0 Å². The molecular weight excluding hydrogens is 438 g/mol. The molecule has 1 atom stereocenters. The second-order valence-electron chi connectivity index (χ2n) is 8.45. The fourth-order valence-electron chi connectivity index (χ4n) is 4.38. The minimum Gasteiger partial charge on any atom is -0.489 e. The molecule has 2 saturated heterocycles. The lowest BCUT2D eigenvalue weighted by atomic mass is 10.0. The fourth-order valence-corrected chi connectivity index (χ4v) is 4.38. The van der Waals surface area contributed by atoms with Crippen molar-refractivity contribution in [2.24, 2.45) is 0 Å². The van der Waals surface area contributed by atoms with E-state index in [1.54, 1.807) is 47.4 Å². The van der Waals surface area contributed by atoms with Crippen molar-refractivity contribution in [3.8, 4) is 5.75 Å². The van der Waals surface area contributed by atoms with Gasteiger partial charge < -0.3 is 19.3 Å². The minimum absolute atomic E-state index is 0.0688. The molecule has 0 aromatic heterocycles. The SMILES string of the molecule is [2H]C([2H])(Oc1cccc2c1CN(C1CCC(=O)NC1=O)C2=O)c1ccc(CN2CCOCC2=O)cc1. The molecule has 9 heteroatoms. The normalized spacial score (nSPS) is 21.7. The van der Waals surface area contributed by atoms with E-state index >= 15 is 0 Å². The average Bonchev–Trinajstić information content (AvgIpc) is 3.18. The predicted molar refractivity (Wildman–Crippen MR) is 119 cm³/mol. The van der Waals surface area contributed by atoms with Crippen molar-refractivity contribution in [3.63, 3.8) is 0 Å². The first-order valence-corrected chi connectivity index (χ1v) is 11.1. The molecule has 0 aliphatic carbocycles. The molecule has 2 aromatic carbocycles. The highest BCUT2D eigenvalue weighted by Gasteiger charge is 2.40. The summed E-state index contributed by atoms with van der Waals surface area (Å²) in [6.07, 6.45) is 0.391. The Morgan fingerprint density at radius 2 is 1.88 bits per heavy atom. The van der Waals surface area contributed by atoms with E-state index in [9.17, 15) is 19.2 Å². The third kappa shape index (κ3) is 4.38. The summed E-state index contributed by atoms with van der Waals surface area (Å²) < 4.78 is 28.0. The standard InChI is InChI=1S/C25H25N3O6/c29-22-9-8-20(24(31)26-22)28-13-19-18(25(28)32)2-1-3-21(19)34-14-17-6-4-16(5-7-17)12-27-10-11-33-15-23(27)30/h1-7,20H,8-15H2,(H,26,29,31)/i14D2. The van der Waals surface area contributed by atoms with Crippen LogP contribution in [0.4, 0.5) is 0 Å². The zero-order chi connectivity index (χ0) is 25.4. The van der Waals surface area contributed by atoms with Crippen LogP contribution in [-0.2, 0) is 38.8 Å². The van der Waals surface area contributed by atoms with Crippen LogP contribution in [0.2, 0.25) is 0 Å². The molecular formula is C25H25N3O6. The smallest absolute Gasteiger partial charge is 0.255 e. The number of rotatable bonds is 6. The molecule has 2 aromatic rings. The summed E-state index contributed by atoms with van der Waals surface area (Å²) in [7, 11) is 0. The van der Waals surface area contributed by atoms with Gasteiger partial charge in [0.1, 0.15) is 25.0 Å². The van der Waals surface area contributed by atoms with Crippen LogP contribution in [0.25, 0.3) is 0 Å². The first-order chi connectivity index (χ1) is 17.2. The topological polar surface area (TPSA) is 105 Å². The molecule has 3 heterocycles. The molecule has 34 heavy (non-hydrogen) atoms. The summed E-state index contributed by atoms with van der Waals surface area (Å²) >= 11 is 0. The predicted octanol–water partition coefficient (Wildman–Crippen LogP) is 1.39.